The molecule has 2 N–H and O–H groups in total. The van der Waals surface area contributed by atoms with Crippen LogP contribution in [0.2, 0.25) is 0 Å². The molecule has 1 heterocycles. The summed E-state index contributed by atoms with van der Waals surface area (Å²) < 4.78 is 0. The average molecular weight is 270 g/mol. The SMILES string of the molecule is CCCCC[C@@H]([C@H](CCO)CC(=O)O)N1C=NCC1. The van der Waals surface area contributed by atoms with Crippen molar-refractivity contribution in [2.24, 2.45) is 10.9 Å². The highest BCUT2D eigenvalue weighted by atomic mass is 16.4. The topological polar surface area (TPSA) is 73.1 Å². The van der Waals surface area contributed by atoms with E-state index < -0.39 is 5.97 Å². The number of hydrogen-bond acceptors (Lipinski definition) is 4. The van der Waals surface area contributed by atoms with E-state index in [9.17, 15) is 4.79 Å². The molecule has 0 spiro atoms. The number of carboxylic acids is 1. The minimum absolute atomic E-state index is 0.00362. The van der Waals surface area contributed by atoms with Crippen molar-refractivity contribution in [1.82, 2.24) is 4.90 Å². The van der Waals surface area contributed by atoms with Gasteiger partial charge in [0.05, 0.1) is 19.3 Å². The van der Waals surface area contributed by atoms with E-state index >= 15 is 0 Å². The number of aliphatic hydroxyl groups excluding tert-OH is 1. The van der Waals surface area contributed by atoms with Crippen molar-refractivity contribution in [3.05, 3.63) is 0 Å². The molecule has 0 aromatic carbocycles. The zero-order valence-corrected chi connectivity index (χ0v) is 11.8. The molecule has 19 heavy (non-hydrogen) atoms. The van der Waals surface area contributed by atoms with Crippen LogP contribution in [0.15, 0.2) is 4.99 Å². The maximum absolute atomic E-state index is 11.0. The Morgan fingerprint density at radius 3 is 2.74 bits per heavy atom. The van der Waals surface area contributed by atoms with Crippen LogP contribution < -0.4 is 0 Å². The van der Waals surface area contributed by atoms with Crippen LogP contribution in [0.3, 0.4) is 0 Å². The lowest BCUT2D eigenvalue weighted by molar-refractivity contribution is -0.138. The summed E-state index contributed by atoms with van der Waals surface area (Å²) in [6.07, 6.45) is 6.94. The van der Waals surface area contributed by atoms with E-state index in [-0.39, 0.29) is 25.0 Å². The Bertz CT molecular complexity index is 294. The second-order valence-corrected chi connectivity index (χ2v) is 5.19. The molecule has 1 rings (SSSR count). The van der Waals surface area contributed by atoms with E-state index in [1.165, 1.54) is 6.42 Å². The molecule has 0 bridgehead atoms. The van der Waals surface area contributed by atoms with Crippen LogP contribution in [0, 0.1) is 5.92 Å². The number of rotatable bonds is 10. The number of carboxylic acid groups (broad SMARTS) is 1. The van der Waals surface area contributed by atoms with E-state index in [1.807, 2.05) is 6.34 Å². The van der Waals surface area contributed by atoms with Crippen molar-refractivity contribution in [2.45, 2.75) is 51.5 Å². The molecule has 5 heteroatoms. The average Bonchev–Trinajstić information content (AvgIpc) is 2.87. The fourth-order valence-electron chi connectivity index (χ4n) is 2.74. The predicted molar refractivity (Wildman–Crippen MR) is 75.4 cm³/mol. The molecule has 0 saturated heterocycles. The minimum Gasteiger partial charge on any atom is -0.481 e. The number of carbonyl (C=O) groups is 1. The van der Waals surface area contributed by atoms with Crippen molar-refractivity contribution in [3.63, 3.8) is 0 Å². The molecule has 2 atom stereocenters. The van der Waals surface area contributed by atoms with E-state index in [4.69, 9.17) is 10.2 Å². The van der Waals surface area contributed by atoms with Crippen LogP contribution in [0.1, 0.15) is 45.4 Å². The first kappa shape index (κ1) is 16.0. The molecular formula is C14H26N2O3. The van der Waals surface area contributed by atoms with Gasteiger partial charge in [0.2, 0.25) is 0 Å². The van der Waals surface area contributed by atoms with Gasteiger partial charge in [0.25, 0.3) is 0 Å². The van der Waals surface area contributed by atoms with Crippen LogP contribution >= 0.6 is 0 Å². The monoisotopic (exact) mass is 270 g/mol. The molecular weight excluding hydrogens is 244 g/mol. The Labute approximate surface area is 115 Å². The van der Waals surface area contributed by atoms with Crippen LogP contribution in [-0.4, -0.2) is 53.2 Å². The van der Waals surface area contributed by atoms with Crippen molar-refractivity contribution in [3.8, 4) is 0 Å². The van der Waals surface area contributed by atoms with E-state index in [0.29, 0.717) is 6.42 Å². The Hall–Kier alpha value is -1.10. The molecule has 0 saturated carbocycles. The number of aliphatic hydroxyl groups is 1. The van der Waals surface area contributed by atoms with Gasteiger partial charge in [0, 0.05) is 19.2 Å². The van der Waals surface area contributed by atoms with Gasteiger partial charge in [-0.3, -0.25) is 9.79 Å². The van der Waals surface area contributed by atoms with Gasteiger partial charge >= 0.3 is 5.97 Å². The second-order valence-electron chi connectivity index (χ2n) is 5.19. The maximum atomic E-state index is 11.0. The first-order valence-electron chi connectivity index (χ1n) is 7.27. The molecule has 1 aliphatic heterocycles. The third-order valence-corrected chi connectivity index (χ3v) is 3.73. The largest absolute Gasteiger partial charge is 0.481 e. The van der Waals surface area contributed by atoms with Gasteiger partial charge in [-0.15, -0.1) is 0 Å². The Morgan fingerprint density at radius 2 is 2.21 bits per heavy atom. The predicted octanol–water partition coefficient (Wildman–Crippen LogP) is 1.75. The van der Waals surface area contributed by atoms with Crippen molar-refractivity contribution in [1.29, 1.82) is 0 Å². The van der Waals surface area contributed by atoms with Gasteiger partial charge in [-0.1, -0.05) is 26.2 Å². The molecule has 0 radical (unpaired) electrons. The van der Waals surface area contributed by atoms with Crippen LogP contribution in [-0.2, 0) is 4.79 Å². The van der Waals surface area contributed by atoms with Crippen molar-refractivity contribution >= 4 is 12.3 Å². The fourth-order valence-corrected chi connectivity index (χ4v) is 2.74. The molecule has 110 valence electrons. The molecule has 0 fully saturated rings. The maximum Gasteiger partial charge on any atom is 0.303 e. The second kappa shape index (κ2) is 8.91. The van der Waals surface area contributed by atoms with E-state index in [2.05, 4.69) is 16.8 Å². The number of unbranched alkanes of at least 4 members (excludes halogenated alkanes) is 2. The van der Waals surface area contributed by atoms with Crippen LogP contribution in [0.25, 0.3) is 0 Å². The van der Waals surface area contributed by atoms with Gasteiger partial charge in [0.1, 0.15) is 0 Å². The third kappa shape index (κ3) is 5.59. The first-order valence-corrected chi connectivity index (χ1v) is 7.27. The van der Waals surface area contributed by atoms with Gasteiger partial charge < -0.3 is 15.1 Å². The highest BCUT2D eigenvalue weighted by Crippen LogP contribution is 2.24. The molecule has 0 aliphatic carbocycles. The fraction of sp³-hybridized carbons (Fsp3) is 0.857. The lowest BCUT2D eigenvalue weighted by Gasteiger charge is -2.33. The molecule has 0 amide bonds. The molecule has 5 nitrogen and oxygen atoms in total. The molecule has 0 aromatic heterocycles. The summed E-state index contributed by atoms with van der Waals surface area (Å²) in [7, 11) is 0. The number of hydrogen-bond donors (Lipinski definition) is 2. The smallest absolute Gasteiger partial charge is 0.303 e. The third-order valence-electron chi connectivity index (χ3n) is 3.73. The van der Waals surface area contributed by atoms with Crippen LogP contribution in [0.4, 0.5) is 0 Å². The van der Waals surface area contributed by atoms with E-state index in [1.54, 1.807) is 0 Å². The highest BCUT2D eigenvalue weighted by Gasteiger charge is 2.28. The zero-order chi connectivity index (χ0) is 14.1. The van der Waals surface area contributed by atoms with Gasteiger partial charge in [-0.25, -0.2) is 0 Å². The number of aliphatic imine (C=N–C) groups is 1. The lowest BCUT2D eigenvalue weighted by atomic mass is 9.88. The van der Waals surface area contributed by atoms with Crippen LogP contribution in [0.5, 0.6) is 0 Å². The zero-order valence-electron chi connectivity index (χ0n) is 11.8. The normalized spacial score (nSPS) is 17.7. The molecule has 0 unspecified atom stereocenters. The summed E-state index contributed by atoms with van der Waals surface area (Å²) >= 11 is 0. The summed E-state index contributed by atoms with van der Waals surface area (Å²) in [5.41, 5.74) is 0. The molecule has 1 aliphatic rings. The summed E-state index contributed by atoms with van der Waals surface area (Å²) in [4.78, 5) is 17.4. The van der Waals surface area contributed by atoms with Gasteiger partial charge in [-0.2, -0.15) is 0 Å². The quantitative estimate of drug-likeness (QED) is 0.593. The molecule has 0 aromatic rings. The summed E-state index contributed by atoms with van der Waals surface area (Å²) in [6, 6.07) is 0.195. The van der Waals surface area contributed by atoms with Gasteiger partial charge in [-0.05, 0) is 18.8 Å². The Balaban J connectivity index is 2.65. The minimum atomic E-state index is -0.782. The summed E-state index contributed by atoms with van der Waals surface area (Å²) in [5.74, 6) is -0.779. The van der Waals surface area contributed by atoms with Gasteiger partial charge in [0.15, 0.2) is 0 Å². The van der Waals surface area contributed by atoms with Crippen molar-refractivity contribution in [2.75, 3.05) is 19.7 Å². The number of aliphatic carboxylic acids is 1. The Morgan fingerprint density at radius 1 is 1.42 bits per heavy atom. The standard InChI is InChI=1S/C14H26N2O3/c1-2-3-4-5-13(16-8-7-15-11-16)12(6-9-17)10-14(18)19/h11-13,17H,2-10H2,1H3,(H,18,19)/t12-,13+/m1/s1. The summed E-state index contributed by atoms with van der Waals surface area (Å²) in [6.45, 7) is 3.88. The van der Waals surface area contributed by atoms with Crippen molar-refractivity contribution < 1.29 is 15.0 Å². The number of nitrogens with zero attached hydrogens (tertiary/aromatic N) is 2. The first-order chi connectivity index (χ1) is 9.19. The lowest BCUT2D eigenvalue weighted by Crippen LogP contribution is -2.40. The van der Waals surface area contributed by atoms with E-state index in [0.717, 1.165) is 32.4 Å². The highest BCUT2D eigenvalue weighted by molar-refractivity contribution is 5.67. The summed E-state index contributed by atoms with van der Waals surface area (Å²) in [5, 5.41) is 18.2. The Kier molecular flexibility index (Phi) is 7.48.